The van der Waals surface area contributed by atoms with Gasteiger partial charge in [0.1, 0.15) is 0 Å². The van der Waals surface area contributed by atoms with Crippen LogP contribution in [0.2, 0.25) is 0 Å². The fourth-order valence-corrected chi connectivity index (χ4v) is 6.32. The second-order valence-corrected chi connectivity index (χ2v) is 10.6. The number of hydrazone groups is 2. The van der Waals surface area contributed by atoms with E-state index in [1.54, 1.807) is 6.92 Å². The number of fused-ring (bicyclic) bond motifs is 2. The summed E-state index contributed by atoms with van der Waals surface area (Å²) >= 11 is 1.45. The van der Waals surface area contributed by atoms with Gasteiger partial charge in [0.25, 0.3) is 0 Å². The van der Waals surface area contributed by atoms with Gasteiger partial charge in [0.2, 0.25) is 4.99 Å². The minimum atomic E-state index is -0.933. The number of hydrogen-bond donors (Lipinski definition) is 0. The molecule has 6 rings (SSSR count). The van der Waals surface area contributed by atoms with Crippen LogP contribution in [0.4, 0.5) is 11.4 Å². The van der Waals surface area contributed by atoms with E-state index in [0.29, 0.717) is 5.04 Å². The number of hydrogen-bond acceptors (Lipinski definition) is 6. The predicted octanol–water partition coefficient (Wildman–Crippen LogP) is 7.10. The van der Waals surface area contributed by atoms with E-state index in [9.17, 15) is 4.79 Å². The van der Waals surface area contributed by atoms with Gasteiger partial charge in [0, 0.05) is 23.6 Å². The zero-order chi connectivity index (χ0) is 26.3. The first-order valence-electron chi connectivity index (χ1n) is 12.8. The molecule has 1 spiro atoms. The molecule has 2 heterocycles. The van der Waals surface area contributed by atoms with Crippen molar-refractivity contribution in [3.05, 3.63) is 131 Å². The maximum atomic E-state index is 12.8. The van der Waals surface area contributed by atoms with E-state index in [0.717, 1.165) is 45.8 Å². The van der Waals surface area contributed by atoms with Crippen molar-refractivity contribution in [2.24, 2.45) is 10.2 Å². The van der Waals surface area contributed by atoms with Crippen LogP contribution in [0.15, 0.2) is 113 Å². The van der Waals surface area contributed by atoms with E-state index in [4.69, 9.17) is 10.2 Å². The standard InChI is InChI=1S/C32H28N4OS/c1-4-24-18-20-25(21-19-24)30-27-15-9-10-16-28(27)32(35(33-30)26-13-6-5-7-14-26)36(34-31(38-32)23(3)37)29-17-11-8-12-22(29)2/h5-21H,4H2,1-3H3. The Hall–Kier alpha value is -4.16. The van der Waals surface area contributed by atoms with Gasteiger partial charge in [-0.05, 0) is 54.4 Å². The molecule has 0 aromatic heterocycles. The van der Waals surface area contributed by atoms with Gasteiger partial charge in [-0.15, -0.1) is 0 Å². The number of nitrogens with zero attached hydrogens (tertiary/aromatic N) is 4. The van der Waals surface area contributed by atoms with Gasteiger partial charge in [-0.25, -0.2) is 10.0 Å². The topological polar surface area (TPSA) is 48.3 Å². The molecule has 2 aliphatic rings. The number of anilines is 2. The number of Topliss-reactive ketones (excluding diaryl/α,β-unsaturated/α-hetero) is 1. The number of benzene rings is 4. The monoisotopic (exact) mass is 516 g/mol. The molecule has 0 saturated carbocycles. The Morgan fingerprint density at radius 2 is 1.50 bits per heavy atom. The van der Waals surface area contributed by atoms with Gasteiger partial charge in [-0.2, -0.15) is 10.2 Å². The molecular formula is C32H28N4OS. The van der Waals surface area contributed by atoms with Gasteiger partial charge in [-0.3, -0.25) is 4.79 Å². The van der Waals surface area contributed by atoms with Crippen molar-refractivity contribution >= 4 is 39.7 Å². The average Bonchev–Trinajstić information content (AvgIpc) is 3.35. The van der Waals surface area contributed by atoms with Crippen LogP contribution in [0.3, 0.4) is 0 Å². The van der Waals surface area contributed by atoms with Crippen molar-refractivity contribution in [2.45, 2.75) is 32.2 Å². The van der Waals surface area contributed by atoms with Crippen molar-refractivity contribution in [1.29, 1.82) is 0 Å². The number of aryl methyl sites for hydroxylation is 2. The van der Waals surface area contributed by atoms with Gasteiger partial charge >= 0.3 is 0 Å². The van der Waals surface area contributed by atoms with E-state index in [-0.39, 0.29) is 5.78 Å². The van der Waals surface area contributed by atoms with Gasteiger partial charge in [0.15, 0.2) is 10.8 Å². The van der Waals surface area contributed by atoms with Crippen molar-refractivity contribution in [1.82, 2.24) is 0 Å². The predicted molar refractivity (Wildman–Crippen MR) is 158 cm³/mol. The zero-order valence-corrected chi connectivity index (χ0v) is 22.4. The molecule has 6 heteroatoms. The third-order valence-corrected chi connectivity index (χ3v) is 8.43. The third kappa shape index (κ3) is 3.84. The van der Waals surface area contributed by atoms with E-state index in [1.165, 1.54) is 17.3 Å². The summed E-state index contributed by atoms with van der Waals surface area (Å²) in [5, 5.41) is 14.8. The molecule has 0 N–H and O–H groups in total. The fourth-order valence-electron chi connectivity index (χ4n) is 5.04. The normalized spacial score (nSPS) is 18.3. The largest absolute Gasteiger partial charge is 0.292 e. The summed E-state index contributed by atoms with van der Waals surface area (Å²) in [5.74, 6) is -0.0686. The second-order valence-electron chi connectivity index (χ2n) is 9.46. The molecule has 0 saturated heterocycles. The summed E-state index contributed by atoms with van der Waals surface area (Å²) < 4.78 is 0. The van der Waals surface area contributed by atoms with Crippen LogP contribution >= 0.6 is 11.8 Å². The maximum Gasteiger partial charge on any atom is 0.234 e. The Bertz CT molecular complexity index is 1580. The minimum Gasteiger partial charge on any atom is -0.292 e. The molecule has 4 aromatic carbocycles. The number of carbonyl (C=O) groups excluding carboxylic acids is 1. The molecular weight excluding hydrogens is 488 g/mol. The van der Waals surface area contributed by atoms with Crippen molar-refractivity contribution in [2.75, 3.05) is 10.0 Å². The molecule has 0 radical (unpaired) electrons. The lowest BCUT2D eigenvalue weighted by atomic mass is 9.92. The second kappa shape index (κ2) is 9.62. The molecule has 0 fully saturated rings. The highest BCUT2D eigenvalue weighted by Gasteiger charge is 2.56. The van der Waals surface area contributed by atoms with Crippen molar-refractivity contribution < 1.29 is 4.79 Å². The quantitative estimate of drug-likeness (QED) is 0.284. The van der Waals surface area contributed by atoms with Gasteiger partial charge in [-0.1, -0.05) is 91.9 Å². The van der Waals surface area contributed by atoms with Crippen molar-refractivity contribution in [3.8, 4) is 0 Å². The van der Waals surface area contributed by atoms with E-state index >= 15 is 0 Å². The van der Waals surface area contributed by atoms with Crippen LogP contribution in [0.1, 0.15) is 41.7 Å². The molecule has 1 unspecified atom stereocenters. The Morgan fingerprint density at radius 1 is 0.816 bits per heavy atom. The highest BCUT2D eigenvalue weighted by Crippen LogP contribution is 2.55. The van der Waals surface area contributed by atoms with Crippen LogP contribution < -0.4 is 10.0 Å². The summed E-state index contributed by atoms with van der Waals surface area (Å²) in [5.41, 5.74) is 8.18. The fraction of sp³-hybridized carbons (Fsp3) is 0.156. The Labute approximate surface area is 227 Å². The number of carbonyl (C=O) groups is 1. The summed E-state index contributed by atoms with van der Waals surface area (Å²) in [6, 6.07) is 35.3. The summed E-state index contributed by atoms with van der Waals surface area (Å²) in [6.45, 7) is 5.81. The van der Waals surface area contributed by atoms with Crippen LogP contribution in [0.25, 0.3) is 0 Å². The molecule has 0 bridgehead atoms. The van der Waals surface area contributed by atoms with E-state index in [2.05, 4.69) is 80.6 Å². The number of ketones is 1. The molecule has 0 aliphatic carbocycles. The Morgan fingerprint density at radius 3 is 2.21 bits per heavy atom. The first-order valence-corrected chi connectivity index (χ1v) is 13.6. The first kappa shape index (κ1) is 24.2. The van der Waals surface area contributed by atoms with Crippen LogP contribution in [-0.2, 0) is 16.2 Å². The van der Waals surface area contributed by atoms with Crippen LogP contribution in [0, 0.1) is 6.92 Å². The average molecular weight is 517 g/mol. The Balaban J connectivity index is 1.66. The summed E-state index contributed by atoms with van der Waals surface area (Å²) in [7, 11) is 0. The van der Waals surface area contributed by atoms with Gasteiger partial charge in [0.05, 0.1) is 17.1 Å². The lowest BCUT2D eigenvalue weighted by Crippen LogP contribution is -2.54. The van der Waals surface area contributed by atoms with Gasteiger partial charge < -0.3 is 0 Å². The van der Waals surface area contributed by atoms with Crippen LogP contribution in [0.5, 0.6) is 0 Å². The number of rotatable bonds is 5. The zero-order valence-electron chi connectivity index (χ0n) is 21.6. The highest BCUT2D eigenvalue weighted by atomic mass is 32.2. The SMILES string of the molecule is CCc1ccc(C2=NN(c3ccccc3)C3(SC(C(C)=O)=NN3c3ccccc3C)c3ccccc32)cc1. The molecule has 5 nitrogen and oxygen atoms in total. The molecule has 1 atom stereocenters. The van der Waals surface area contributed by atoms with Crippen molar-refractivity contribution in [3.63, 3.8) is 0 Å². The summed E-state index contributed by atoms with van der Waals surface area (Å²) in [6.07, 6.45) is 0.982. The highest BCUT2D eigenvalue weighted by molar-refractivity contribution is 8.17. The van der Waals surface area contributed by atoms with Crippen LogP contribution in [-0.4, -0.2) is 16.5 Å². The molecule has 2 aliphatic heterocycles. The Kier molecular flexibility index (Phi) is 6.12. The maximum absolute atomic E-state index is 12.8. The molecule has 0 amide bonds. The number of thioether (sulfide) groups is 1. The first-order chi connectivity index (χ1) is 18.5. The molecule has 38 heavy (non-hydrogen) atoms. The third-order valence-electron chi connectivity index (χ3n) is 7.02. The molecule has 4 aromatic rings. The van der Waals surface area contributed by atoms with E-state index < -0.39 is 4.99 Å². The molecule has 188 valence electrons. The smallest absolute Gasteiger partial charge is 0.234 e. The lowest BCUT2D eigenvalue weighted by molar-refractivity contribution is -0.110. The lowest BCUT2D eigenvalue weighted by Gasteiger charge is -2.47. The van der Waals surface area contributed by atoms with E-state index in [1.807, 2.05) is 46.4 Å². The number of para-hydroxylation sites is 2. The summed E-state index contributed by atoms with van der Waals surface area (Å²) in [4.78, 5) is 11.9. The minimum absolute atomic E-state index is 0.0686.